The number of hydrogen-bond donors (Lipinski definition) is 1. The van der Waals surface area contributed by atoms with Crippen LogP contribution in [0.25, 0.3) is 0 Å². The van der Waals surface area contributed by atoms with Crippen LogP contribution in [0, 0.1) is 0 Å². The molecule has 1 atom stereocenters. The number of nitrogens with one attached hydrogen (secondary N) is 1. The SMILES string of the molecule is CC(CC(=O)Nc1ccc2c(c1)N(C(=O)c1cccnc1)CCC2)c1ccccc1. The van der Waals surface area contributed by atoms with Gasteiger partial charge in [-0.25, -0.2) is 0 Å². The quantitative estimate of drug-likeness (QED) is 0.670. The van der Waals surface area contributed by atoms with Crippen molar-refractivity contribution in [3.05, 3.63) is 89.7 Å². The van der Waals surface area contributed by atoms with Gasteiger partial charge in [0.2, 0.25) is 5.91 Å². The van der Waals surface area contributed by atoms with Gasteiger partial charge in [0.25, 0.3) is 5.91 Å². The Morgan fingerprint density at radius 2 is 1.93 bits per heavy atom. The van der Waals surface area contributed by atoms with Crippen molar-refractivity contribution in [2.75, 3.05) is 16.8 Å². The fourth-order valence-corrected chi connectivity index (χ4v) is 3.90. The molecule has 30 heavy (non-hydrogen) atoms. The van der Waals surface area contributed by atoms with E-state index in [9.17, 15) is 9.59 Å². The van der Waals surface area contributed by atoms with E-state index in [1.54, 1.807) is 29.4 Å². The molecule has 0 bridgehead atoms. The minimum atomic E-state index is -0.0646. The summed E-state index contributed by atoms with van der Waals surface area (Å²) in [6.45, 7) is 2.71. The molecule has 5 nitrogen and oxygen atoms in total. The predicted molar refractivity (Wildman–Crippen MR) is 119 cm³/mol. The number of anilines is 2. The Bertz CT molecular complexity index is 1030. The zero-order chi connectivity index (χ0) is 20.9. The zero-order valence-corrected chi connectivity index (χ0v) is 17.0. The van der Waals surface area contributed by atoms with Gasteiger partial charge < -0.3 is 10.2 Å². The molecule has 0 saturated heterocycles. The first-order valence-corrected chi connectivity index (χ1v) is 10.3. The van der Waals surface area contributed by atoms with E-state index in [-0.39, 0.29) is 17.7 Å². The molecule has 3 aromatic rings. The van der Waals surface area contributed by atoms with Crippen LogP contribution < -0.4 is 10.2 Å². The van der Waals surface area contributed by atoms with Gasteiger partial charge in [0.05, 0.1) is 5.56 Å². The summed E-state index contributed by atoms with van der Waals surface area (Å²) in [5.41, 5.74) is 4.41. The molecule has 1 aliphatic heterocycles. The third-order valence-corrected chi connectivity index (χ3v) is 5.50. The lowest BCUT2D eigenvalue weighted by Gasteiger charge is -2.30. The smallest absolute Gasteiger partial charge is 0.259 e. The van der Waals surface area contributed by atoms with Crippen LogP contribution in [0.15, 0.2) is 73.1 Å². The van der Waals surface area contributed by atoms with Crippen LogP contribution in [0.5, 0.6) is 0 Å². The summed E-state index contributed by atoms with van der Waals surface area (Å²) in [5, 5.41) is 3.00. The molecule has 0 aliphatic carbocycles. The van der Waals surface area contributed by atoms with E-state index in [4.69, 9.17) is 0 Å². The van der Waals surface area contributed by atoms with Gasteiger partial charge in [-0.15, -0.1) is 0 Å². The van der Waals surface area contributed by atoms with Gasteiger partial charge in [0, 0.05) is 36.7 Å². The number of fused-ring (bicyclic) bond motifs is 1. The summed E-state index contributed by atoms with van der Waals surface area (Å²) in [7, 11) is 0. The Hall–Kier alpha value is -3.47. The number of carbonyl (C=O) groups is 2. The molecule has 0 saturated carbocycles. The van der Waals surface area contributed by atoms with Crippen molar-refractivity contribution >= 4 is 23.2 Å². The summed E-state index contributed by atoms with van der Waals surface area (Å²) < 4.78 is 0. The molecule has 0 spiro atoms. The van der Waals surface area contributed by atoms with Gasteiger partial charge in [-0.3, -0.25) is 14.6 Å². The van der Waals surface area contributed by atoms with Crippen molar-refractivity contribution in [2.24, 2.45) is 0 Å². The van der Waals surface area contributed by atoms with Crippen LogP contribution in [0.3, 0.4) is 0 Å². The van der Waals surface area contributed by atoms with Crippen LogP contribution in [0.1, 0.15) is 47.2 Å². The maximum absolute atomic E-state index is 13.0. The number of benzene rings is 2. The van der Waals surface area contributed by atoms with Crippen LogP contribution >= 0.6 is 0 Å². The van der Waals surface area contributed by atoms with E-state index in [1.165, 1.54) is 0 Å². The van der Waals surface area contributed by atoms with Crippen molar-refractivity contribution < 1.29 is 9.59 Å². The summed E-state index contributed by atoms with van der Waals surface area (Å²) in [5.74, 6) is 0.0324. The minimum absolute atomic E-state index is 0.0350. The Morgan fingerprint density at radius 3 is 2.70 bits per heavy atom. The van der Waals surface area contributed by atoms with E-state index >= 15 is 0 Å². The van der Waals surface area contributed by atoms with Crippen LogP contribution in [0.2, 0.25) is 0 Å². The highest BCUT2D eigenvalue weighted by Crippen LogP contribution is 2.31. The standard InChI is InChI=1S/C25H25N3O2/c1-18(19-7-3-2-4-8-19)15-24(29)27-22-12-11-20-10-6-14-28(23(20)16-22)25(30)21-9-5-13-26-17-21/h2-5,7-9,11-13,16-18H,6,10,14-15H2,1H3,(H,27,29). The van der Waals surface area contributed by atoms with Gasteiger partial charge in [0.1, 0.15) is 0 Å². The lowest BCUT2D eigenvalue weighted by molar-refractivity contribution is -0.116. The predicted octanol–water partition coefficient (Wildman–Crippen LogP) is 4.81. The number of pyridine rings is 1. The maximum Gasteiger partial charge on any atom is 0.259 e. The van der Waals surface area contributed by atoms with Crippen molar-refractivity contribution in [1.29, 1.82) is 0 Å². The molecule has 2 amide bonds. The van der Waals surface area contributed by atoms with Gasteiger partial charge in [-0.2, -0.15) is 0 Å². The summed E-state index contributed by atoms with van der Waals surface area (Å²) >= 11 is 0. The van der Waals surface area contributed by atoms with Crippen molar-refractivity contribution in [3.63, 3.8) is 0 Å². The largest absolute Gasteiger partial charge is 0.326 e. The van der Waals surface area contributed by atoms with Gasteiger partial charge in [-0.05, 0) is 54.2 Å². The highest BCUT2D eigenvalue weighted by molar-refractivity contribution is 6.07. The molecule has 1 aliphatic rings. The number of carbonyl (C=O) groups excluding carboxylic acids is 2. The van der Waals surface area contributed by atoms with E-state index in [0.717, 1.165) is 29.7 Å². The number of hydrogen-bond acceptors (Lipinski definition) is 3. The zero-order valence-electron chi connectivity index (χ0n) is 17.0. The molecular formula is C25H25N3O2. The monoisotopic (exact) mass is 399 g/mol. The lowest BCUT2D eigenvalue weighted by atomic mass is 9.97. The van der Waals surface area contributed by atoms with Crippen LogP contribution in [0.4, 0.5) is 11.4 Å². The second kappa shape index (κ2) is 8.91. The molecule has 0 fully saturated rings. The van der Waals surface area contributed by atoms with Crippen molar-refractivity contribution in [2.45, 2.75) is 32.1 Å². The minimum Gasteiger partial charge on any atom is -0.326 e. The van der Waals surface area contributed by atoms with Gasteiger partial charge in [-0.1, -0.05) is 43.3 Å². The highest BCUT2D eigenvalue weighted by Gasteiger charge is 2.24. The Balaban J connectivity index is 1.50. The van der Waals surface area contributed by atoms with Gasteiger partial charge >= 0.3 is 0 Å². The number of rotatable bonds is 5. The summed E-state index contributed by atoms with van der Waals surface area (Å²) in [6.07, 6.45) is 5.49. The molecule has 2 aromatic carbocycles. The molecule has 5 heteroatoms. The average molecular weight is 399 g/mol. The van der Waals surface area contributed by atoms with E-state index in [0.29, 0.717) is 24.2 Å². The Kier molecular flexibility index (Phi) is 5.89. The second-order valence-corrected chi connectivity index (χ2v) is 7.71. The molecule has 2 heterocycles. The van der Waals surface area contributed by atoms with E-state index in [1.807, 2.05) is 48.5 Å². The third-order valence-electron chi connectivity index (χ3n) is 5.50. The number of aryl methyl sites for hydroxylation is 1. The normalized spacial score (nSPS) is 14.0. The molecule has 0 radical (unpaired) electrons. The summed E-state index contributed by atoms with van der Waals surface area (Å²) in [4.78, 5) is 31.4. The average Bonchev–Trinajstić information content (AvgIpc) is 2.79. The molecule has 4 rings (SSSR count). The lowest BCUT2D eigenvalue weighted by Crippen LogP contribution is -2.35. The highest BCUT2D eigenvalue weighted by atomic mass is 16.2. The fourth-order valence-electron chi connectivity index (χ4n) is 3.90. The first-order valence-electron chi connectivity index (χ1n) is 10.3. The molecule has 152 valence electrons. The van der Waals surface area contributed by atoms with Crippen molar-refractivity contribution in [1.82, 2.24) is 4.98 Å². The van der Waals surface area contributed by atoms with E-state index < -0.39 is 0 Å². The Labute approximate surface area is 176 Å². The number of nitrogens with zero attached hydrogens (tertiary/aromatic N) is 2. The first kappa shape index (κ1) is 19.8. The first-order chi connectivity index (χ1) is 14.6. The number of aromatic nitrogens is 1. The molecule has 1 unspecified atom stereocenters. The second-order valence-electron chi connectivity index (χ2n) is 7.71. The number of amides is 2. The Morgan fingerprint density at radius 1 is 1.10 bits per heavy atom. The van der Waals surface area contributed by atoms with Gasteiger partial charge in [0.15, 0.2) is 0 Å². The fraction of sp³-hybridized carbons (Fsp3) is 0.240. The summed E-state index contributed by atoms with van der Waals surface area (Å²) in [6, 6.07) is 19.4. The molecule has 1 N–H and O–H groups in total. The van der Waals surface area contributed by atoms with Crippen LogP contribution in [-0.4, -0.2) is 23.3 Å². The maximum atomic E-state index is 13.0. The topological polar surface area (TPSA) is 62.3 Å². The third kappa shape index (κ3) is 4.40. The van der Waals surface area contributed by atoms with Crippen molar-refractivity contribution in [3.8, 4) is 0 Å². The van der Waals surface area contributed by atoms with Crippen LogP contribution in [-0.2, 0) is 11.2 Å². The molecule has 1 aromatic heterocycles. The molecular weight excluding hydrogens is 374 g/mol. The van der Waals surface area contributed by atoms with E-state index in [2.05, 4.69) is 17.2 Å².